The molecular formula is C11H15N3O2. The Labute approximate surface area is 94.0 Å². The molecule has 1 aromatic carbocycles. The van der Waals surface area contributed by atoms with E-state index in [1.54, 1.807) is 19.1 Å². The maximum Gasteiger partial charge on any atom is 0.313 e. The molecule has 0 radical (unpaired) electrons. The summed E-state index contributed by atoms with van der Waals surface area (Å²) in [5.74, 6) is -1.38. The highest BCUT2D eigenvalue weighted by Gasteiger charge is 2.13. The molecule has 0 spiro atoms. The van der Waals surface area contributed by atoms with Gasteiger partial charge >= 0.3 is 11.8 Å². The third kappa shape index (κ3) is 2.98. The molecule has 0 atom stereocenters. The molecule has 16 heavy (non-hydrogen) atoms. The van der Waals surface area contributed by atoms with Gasteiger partial charge in [-0.2, -0.15) is 0 Å². The Balaban J connectivity index is 2.73. The Morgan fingerprint density at radius 2 is 2.00 bits per heavy atom. The number of nitrogens with two attached hydrogens (primary N) is 1. The Morgan fingerprint density at radius 1 is 1.31 bits per heavy atom. The quantitative estimate of drug-likeness (QED) is 0.506. The average molecular weight is 221 g/mol. The Bertz CT molecular complexity index is 416. The summed E-state index contributed by atoms with van der Waals surface area (Å²) in [7, 11) is 0. The van der Waals surface area contributed by atoms with Gasteiger partial charge in [0.15, 0.2) is 0 Å². The summed E-state index contributed by atoms with van der Waals surface area (Å²) >= 11 is 0. The molecule has 0 bridgehead atoms. The first-order valence-corrected chi connectivity index (χ1v) is 5.00. The van der Waals surface area contributed by atoms with Crippen molar-refractivity contribution >= 4 is 23.2 Å². The van der Waals surface area contributed by atoms with Crippen LogP contribution in [0.5, 0.6) is 0 Å². The van der Waals surface area contributed by atoms with Crippen molar-refractivity contribution in [2.75, 3.05) is 17.6 Å². The van der Waals surface area contributed by atoms with Gasteiger partial charge in [-0.15, -0.1) is 0 Å². The third-order valence-corrected chi connectivity index (χ3v) is 2.00. The third-order valence-electron chi connectivity index (χ3n) is 2.00. The summed E-state index contributed by atoms with van der Waals surface area (Å²) in [5.41, 5.74) is 7.58. The summed E-state index contributed by atoms with van der Waals surface area (Å²) in [6, 6.07) is 5.21. The minimum Gasteiger partial charge on any atom is -0.397 e. The topological polar surface area (TPSA) is 84.2 Å². The van der Waals surface area contributed by atoms with Gasteiger partial charge < -0.3 is 16.4 Å². The Kier molecular flexibility index (Phi) is 3.88. The van der Waals surface area contributed by atoms with Crippen LogP contribution in [0.4, 0.5) is 11.4 Å². The van der Waals surface area contributed by atoms with Gasteiger partial charge in [-0.25, -0.2) is 0 Å². The van der Waals surface area contributed by atoms with Crippen molar-refractivity contribution in [3.63, 3.8) is 0 Å². The van der Waals surface area contributed by atoms with E-state index in [1.165, 1.54) is 0 Å². The lowest BCUT2D eigenvalue weighted by molar-refractivity contribution is -0.136. The van der Waals surface area contributed by atoms with Crippen molar-refractivity contribution in [3.8, 4) is 0 Å². The molecule has 0 aliphatic heterocycles. The number of carbonyl (C=O) groups excluding carboxylic acids is 2. The van der Waals surface area contributed by atoms with E-state index in [2.05, 4.69) is 10.6 Å². The number of nitrogen functional groups attached to an aromatic ring is 1. The van der Waals surface area contributed by atoms with Crippen LogP contribution in [0.15, 0.2) is 18.2 Å². The number of anilines is 2. The predicted molar refractivity (Wildman–Crippen MR) is 62.9 cm³/mol. The number of likely N-dealkylation sites (N-methyl/N-ethyl adjacent to an activating group) is 1. The van der Waals surface area contributed by atoms with E-state index in [0.29, 0.717) is 17.9 Å². The van der Waals surface area contributed by atoms with Crippen molar-refractivity contribution in [1.82, 2.24) is 5.32 Å². The van der Waals surface area contributed by atoms with Crippen LogP contribution in [0.1, 0.15) is 12.5 Å². The molecule has 1 rings (SSSR count). The maximum absolute atomic E-state index is 11.4. The second-order valence-corrected chi connectivity index (χ2v) is 3.40. The van der Waals surface area contributed by atoms with Crippen molar-refractivity contribution in [2.24, 2.45) is 0 Å². The molecule has 86 valence electrons. The number of hydrogen-bond donors (Lipinski definition) is 3. The zero-order chi connectivity index (χ0) is 12.1. The molecule has 1 aromatic rings. The fourth-order valence-electron chi connectivity index (χ4n) is 1.22. The Morgan fingerprint density at radius 3 is 2.56 bits per heavy atom. The van der Waals surface area contributed by atoms with Crippen LogP contribution in [0, 0.1) is 6.92 Å². The van der Waals surface area contributed by atoms with E-state index in [1.807, 2.05) is 13.0 Å². The smallest absolute Gasteiger partial charge is 0.313 e. The van der Waals surface area contributed by atoms with Gasteiger partial charge in [0, 0.05) is 6.54 Å². The van der Waals surface area contributed by atoms with E-state index in [4.69, 9.17) is 5.73 Å². The van der Waals surface area contributed by atoms with Gasteiger partial charge in [-0.05, 0) is 31.5 Å². The van der Waals surface area contributed by atoms with E-state index in [0.717, 1.165) is 5.56 Å². The normalized spacial score (nSPS) is 9.62. The number of nitrogens with one attached hydrogen (secondary N) is 2. The van der Waals surface area contributed by atoms with E-state index in [9.17, 15) is 9.59 Å². The van der Waals surface area contributed by atoms with Crippen molar-refractivity contribution in [1.29, 1.82) is 0 Å². The fourth-order valence-corrected chi connectivity index (χ4v) is 1.22. The zero-order valence-corrected chi connectivity index (χ0v) is 9.33. The van der Waals surface area contributed by atoms with Crippen molar-refractivity contribution in [3.05, 3.63) is 23.8 Å². The molecule has 0 saturated heterocycles. The molecule has 5 heteroatoms. The van der Waals surface area contributed by atoms with Gasteiger partial charge in [0.25, 0.3) is 0 Å². The predicted octanol–water partition coefficient (Wildman–Crippen LogP) is 0.652. The maximum atomic E-state index is 11.4. The minimum atomic E-state index is -0.711. The molecule has 0 unspecified atom stereocenters. The number of aryl methyl sites for hydroxylation is 1. The second-order valence-electron chi connectivity index (χ2n) is 3.40. The standard InChI is InChI=1S/C11H15N3O2/c1-3-13-10(15)11(16)14-9-5-4-7(2)6-8(9)12/h4-6H,3,12H2,1-2H3,(H,13,15)(H,14,16). The lowest BCUT2D eigenvalue weighted by Crippen LogP contribution is -2.35. The summed E-state index contributed by atoms with van der Waals surface area (Å²) < 4.78 is 0. The monoisotopic (exact) mass is 221 g/mol. The van der Waals surface area contributed by atoms with Crippen molar-refractivity contribution < 1.29 is 9.59 Å². The highest BCUT2D eigenvalue weighted by atomic mass is 16.2. The van der Waals surface area contributed by atoms with Crippen LogP contribution in [0.25, 0.3) is 0 Å². The molecule has 0 aliphatic rings. The van der Waals surface area contributed by atoms with Crippen LogP contribution < -0.4 is 16.4 Å². The second kappa shape index (κ2) is 5.16. The summed E-state index contributed by atoms with van der Waals surface area (Å²) in [4.78, 5) is 22.5. The van der Waals surface area contributed by atoms with Crippen LogP contribution in [-0.4, -0.2) is 18.4 Å². The van der Waals surface area contributed by atoms with Gasteiger partial charge in [-0.3, -0.25) is 9.59 Å². The first kappa shape index (κ1) is 12.0. The average Bonchev–Trinajstić information content (AvgIpc) is 2.22. The molecule has 0 heterocycles. The minimum absolute atomic E-state index is 0.412. The molecule has 0 aliphatic carbocycles. The molecule has 2 amide bonds. The largest absolute Gasteiger partial charge is 0.397 e. The van der Waals surface area contributed by atoms with E-state index >= 15 is 0 Å². The van der Waals surface area contributed by atoms with Crippen LogP contribution >= 0.6 is 0 Å². The lowest BCUT2D eigenvalue weighted by Gasteiger charge is -2.08. The number of benzene rings is 1. The van der Waals surface area contributed by atoms with Crippen LogP contribution in [0.3, 0.4) is 0 Å². The number of rotatable bonds is 2. The molecule has 5 nitrogen and oxygen atoms in total. The molecule has 0 aromatic heterocycles. The highest BCUT2D eigenvalue weighted by molar-refractivity contribution is 6.39. The van der Waals surface area contributed by atoms with Crippen molar-refractivity contribution in [2.45, 2.75) is 13.8 Å². The first-order valence-electron chi connectivity index (χ1n) is 5.00. The summed E-state index contributed by atoms with van der Waals surface area (Å²) in [6.07, 6.45) is 0. The van der Waals surface area contributed by atoms with Gasteiger partial charge in [0.1, 0.15) is 0 Å². The zero-order valence-electron chi connectivity index (χ0n) is 9.33. The van der Waals surface area contributed by atoms with Crippen LogP contribution in [0.2, 0.25) is 0 Å². The van der Waals surface area contributed by atoms with Gasteiger partial charge in [0.05, 0.1) is 11.4 Å². The molecule has 0 fully saturated rings. The van der Waals surface area contributed by atoms with Crippen LogP contribution in [-0.2, 0) is 9.59 Å². The number of amides is 2. The first-order chi connectivity index (χ1) is 7.54. The number of hydrogen-bond acceptors (Lipinski definition) is 3. The molecular weight excluding hydrogens is 206 g/mol. The van der Waals surface area contributed by atoms with E-state index < -0.39 is 11.8 Å². The molecule has 0 saturated carbocycles. The SMILES string of the molecule is CCNC(=O)C(=O)Nc1ccc(C)cc1N. The summed E-state index contributed by atoms with van der Waals surface area (Å²) in [5, 5.41) is 4.85. The van der Waals surface area contributed by atoms with Gasteiger partial charge in [-0.1, -0.05) is 6.07 Å². The fraction of sp³-hybridized carbons (Fsp3) is 0.273. The van der Waals surface area contributed by atoms with E-state index in [-0.39, 0.29) is 0 Å². The number of carbonyl (C=O) groups is 2. The van der Waals surface area contributed by atoms with Gasteiger partial charge in [0.2, 0.25) is 0 Å². The summed E-state index contributed by atoms with van der Waals surface area (Å²) in [6.45, 7) is 4.05. The lowest BCUT2D eigenvalue weighted by atomic mass is 10.2. The Hall–Kier alpha value is -2.04. The molecule has 4 N–H and O–H groups in total. The highest BCUT2D eigenvalue weighted by Crippen LogP contribution is 2.18.